The zero-order chi connectivity index (χ0) is 31.0. The number of hydrogen-bond acceptors (Lipinski definition) is 6. The van der Waals surface area contributed by atoms with Crippen molar-refractivity contribution in [2.24, 2.45) is 5.41 Å². The average molecular weight is 604 g/mol. The summed E-state index contributed by atoms with van der Waals surface area (Å²) in [5, 5.41) is 0. The molecule has 7 nitrogen and oxygen atoms in total. The Hall–Kier alpha value is -3.75. The van der Waals surface area contributed by atoms with Crippen LogP contribution in [0.25, 0.3) is 5.57 Å². The van der Waals surface area contributed by atoms with Crippen molar-refractivity contribution < 1.29 is 27.5 Å². The summed E-state index contributed by atoms with van der Waals surface area (Å²) in [5.41, 5.74) is 1.01. The van der Waals surface area contributed by atoms with Gasteiger partial charge in [0.25, 0.3) is 0 Å². The maximum absolute atomic E-state index is 14.8. The standard InChI is InChI=1S/C35H41NO6S/c1-5-6-7-8-15-20-30(27-16-11-9-12-17-27)31-25-35(33(37)41-3,34(38)42-4)32(28-18-13-10-14-19-28)36(31)43(39,40)29-23-21-26(2)22-24-29/h9-14,16-24,31-32H,5-8,15,25H2,1-4H3/b30-20+/t31-,32-/m1/s1. The Morgan fingerprint density at radius 1 is 0.860 bits per heavy atom. The van der Waals surface area contributed by atoms with E-state index in [9.17, 15) is 18.0 Å². The molecular formula is C35H41NO6S. The van der Waals surface area contributed by atoms with E-state index in [1.54, 1.807) is 54.6 Å². The fraction of sp³-hybridized carbons (Fsp3) is 0.371. The van der Waals surface area contributed by atoms with E-state index in [2.05, 4.69) is 13.0 Å². The van der Waals surface area contributed by atoms with Crippen molar-refractivity contribution in [3.8, 4) is 0 Å². The first-order chi connectivity index (χ1) is 20.7. The molecule has 1 aliphatic rings. The molecule has 3 aromatic carbocycles. The molecule has 1 fully saturated rings. The van der Waals surface area contributed by atoms with E-state index in [0.717, 1.165) is 48.8 Å². The number of esters is 2. The van der Waals surface area contributed by atoms with Crippen LogP contribution in [-0.4, -0.2) is 44.9 Å². The summed E-state index contributed by atoms with van der Waals surface area (Å²) in [5.74, 6) is -1.68. The Labute approximate surface area is 255 Å². The van der Waals surface area contributed by atoms with Crippen molar-refractivity contribution in [3.63, 3.8) is 0 Å². The third-order valence-electron chi connectivity index (χ3n) is 8.24. The van der Waals surface area contributed by atoms with Gasteiger partial charge in [-0.2, -0.15) is 4.31 Å². The highest BCUT2D eigenvalue weighted by molar-refractivity contribution is 7.89. The van der Waals surface area contributed by atoms with Gasteiger partial charge < -0.3 is 9.47 Å². The molecule has 1 heterocycles. The molecule has 1 saturated heterocycles. The molecule has 8 heteroatoms. The zero-order valence-electron chi connectivity index (χ0n) is 25.4. The number of nitrogens with zero attached hydrogens (tertiary/aromatic N) is 1. The van der Waals surface area contributed by atoms with Gasteiger partial charge in [-0.1, -0.05) is 111 Å². The van der Waals surface area contributed by atoms with Gasteiger partial charge >= 0.3 is 11.9 Å². The van der Waals surface area contributed by atoms with Crippen LogP contribution in [0, 0.1) is 12.3 Å². The normalized spacial score (nSPS) is 18.7. The summed E-state index contributed by atoms with van der Waals surface area (Å²) >= 11 is 0. The molecular weight excluding hydrogens is 562 g/mol. The maximum atomic E-state index is 14.8. The van der Waals surface area contributed by atoms with Crippen LogP contribution in [0.1, 0.15) is 68.2 Å². The quantitative estimate of drug-likeness (QED) is 0.127. The molecule has 228 valence electrons. The Balaban J connectivity index is 2.04. The summed E-state index contributed by atoms with van der Waals surface area (Å²) < 4.78 is 41.5. The number of benzene rings is 3. The molecule has 0 radical (unpaired) electrons. The van der Waals surface area contributed by atoms with Crippen molar-refractivity contribution >= 4 is 27.5 Å². The highest BCUT2D eigenvalue weighted by Gasteiger charge is 2.67. The Bertz CT molecular complexity index is 1500. The number of hydrogen-bond donors (Lipinski definition) is 0. The molecule has 1 aliphatic heterocycles. The van der Waals surface area contributed by atoms with E-state index in [0.29, 0.717) is 5.56 Å². The third kappa shape index (κ3) is 6.45. The van der Waals surface area contributed by atoms with E-state index in [4.69, 9.17) is 9.47 Å². The number of carbonyl (C=O) groups excluding carboxylic acids is 2. The van der Waals surface area contributed by atoms with Crippen LogP contribution in [0.2, 0.25) is 0 Å². The summed E-state index contributed by atoms with van der Waals surface area (Å²) in [7, 11) is -1.85. The number of ether oxygens (including phenoxy) is 2. The third-order valence-corrected chi connectivity index (χ3v) is 10.1. The molecule has 4 rings (SSSR count). The predicted octanol–water partition coefficient (Wildman–Crippen LogP) is 6.89. The maximum Gasteiger partial charge on any atom is 0.325 e. The van der Waals surface area contributed by atoms with Gasteiger partial charge in [-0.15, -0.1) is 0 Å². The molecule has 0 N–H and O–H groups in total. The van der Waals surface area contributed by atoms with Crippen LogP contribution in [-0.2, 0) is 29.1 Å². The topological polar surface area (TPSA) is 90.0 Å². The highest BCUT2D eigenvalue weighted by Crippen LogP contribution is 2.56. The molecule has 3 aromatic rings. The van der Waals surface area contributed by atoms with Crippen molar-refractivity contribution in [2.75, 3.05) is 14.2 Å². The second-order valence-electron chi connectivity index (χ2n) is 11.0. The first-order valence-electron chi connectivity index (χ1n) is 14.8. The zero-order valence-corrected chi connectivity index (χ0v) is 26.2. The average Bonchev–Trinajstić information content (AvgIpc) is 3.41. The van der Waals surface area contributed by atoms with Gasteiger partial charge in [0, 0.05) is 0 Å². The van der Waals surface area contributed by atoms with Crippen molar-refractivity contribution in [3.05, 3.63) is 108 Å². The highest BCUT2D eigenvalue weighted by atomic mass is 32.2. The SMILES string of the molecule is CCCCCC/C=C(\c1ccccc1)[C@H]1CC(C(=O)OC)(C(=O)OC)[C@@H](c2ccccc2)N1S(=O)(=O)c1ccc(C)cc1. The van der Waals surface area contributed by atoms with E-state index in [1.165, 1.54) is 18.5 Å². The van der Waals surface area contributed by atoms with Gasteiger partial charge in [-0.25, -0.2) is 8.42 Å². The first-order valence-corrected chi connectivity index (χ1v) is 16.2. The number of aryl methyl sites for hydroxylation is 1. The Morgan fingerprint density at radius 2 is 1.44 bits per heavy atom. The summed E-state index contributed by atoms with van der Waals surface area (Å²) in [6, 6.07) is 22.9. The van der Waals surface area contributed by atoms with Crippen molar-refractivity contribution in [1.29, 1.82) is 0 Å². The van der Waals surface area contributed by atoms with Crippen molar-refractivity contribution in [1.82, 2.24) is 4.31 Å². The van der Waals surface area contributed by atoms with Crippen LogP contribution < -0.4 is 0 Å². The lowest BCUT2D eigenvalue weighted by Crippen LogP contribution is -2.47. The largest absolute Gasteiger partial charge is 0.468 e. The first kappa shape index (κ1) is 32.2. The molecule has 0 aliphatic carbocycles. The summed E-state index contributed by atoms with van der Waals surface area (Å²) in [6.45, 7) is 4.04. The molecule has 43 heavy (non-hydrogen) atoms. The summed E-state index contributed by atoms with van der Waals surface area (Å²) in [4.78, 5) is 27.8. The van der Waals surface area contributed by atoms with Crippen LogP contribution in [0.3, 0.4) is 0 Å². The molecule has 0 bridgehead atoms. The lowest BCUT2D eigenvalue weighted by atomic mass is 9.75. The fourth-order valence-electron chi connectivity index (χ4n) is 6.10. The molecule has 0 amide bonds. The second-order valence-corrected chi connectivity index (χ2v) is 12.9. The minimum absolute atomic E-state index is 0.0740. The van der Waals surface area contributed by atoms with Gasteiger partial charge in [0.05, 0.1) is 31.2 Å². The van der Waals surface area contributed by atoms with Gasteiger partial charge in [0.1, 0.15) is 0 Å². The minimum Gasteiger partial charge on any atom is -0.468 e. The van der Waals surface area contributed by atoms with Gasteiger partial charge in [0.15, 0.2) is 5.41 Å². The number of allylic oxidation sites excluding steroid dienone is 1. The van der Waals surface area contributed by atoms with E-state index in [-0.39, 0.29) is 11.3 Å². The van der Waals surface area contributed by atoms with Gasteiger partial charge in [-0.05, 0) is 55.0 Å². The second kappa shape index (κ2) is 14.1. The summed E-state index contributed by atoms with van der Waals surface area (Å²) in [6.07, 6.45) is 6.83. The van der Waals surface area contributed by atoms with Crippen molar-refractivity contribution in [2.45, 2.75) is 69.4 Å². The van der Waals surface area contributed by atoms with Crippen LogP contribution >= 0.6 is 0 Å². The number of rotatable bonds is 12. The van der Waals surface area contributed by atoms with Crippen LogP contribution in [0.5, 0.6) is 0 Å². The number of methoxy groups -OCH3 is 2. The molecule has 0 saturated carbocycles. The fourth-order valence-corrected chi connectivity index (χ4v) is 7.92. The van der Waals surface area contributed by atoms with E-state index < -0.39 is 39.5 Å². The lowest BCUT2D eigenvalue weighted by molar-refractivity contribution is -0.170. The Kier molecular flexibility index (Phi) is 10.6. The van der Waals surface area contributed by atoms with E-state index >= 15 is 0 Å². The Morgan fingerprint density at radius 3 is 2.00 bits per heavy atom. The lowest BCUT2D eigenvalue weighted by Gasteiger charge is -2.35. The monoisotopic (exact) mass is 603 g/mol. The minimum atomic E-state index is -4.27. The van der Waals surface area contributed by atoms with Crippen LogP contribution in [0.15, 0.2) is 95.9 Å². The van der Waals surface area contributed by atoms with Gasteiger partial charge in [-0.3, -0.25) is 9.59 Å². The number of sulfonamides is 1. The predicted molar refractivity (Wildman–Crippen MR) is 167 cm³/mol. The number of carbonyl (C=O) groups is 2. The molecule has 0 spiro atoms. The molecule has 0 aromatic heterocycles. The molecule has 2 atom stereocenters. The molecule has 0 unspecified atom stereocenters. The number of unbranched alkanes of at least 4 members (excludes halogenated alkanes) is 4. The van der Waals surface area contributed by atoms with Gasteiger partial charge in [0.2, 0.25) is 10.0 Å². The van der Waals surface area contributed by atoms with E-state index in [1.807, 2.05) is 37.3 Å². The van der Waals surface area contributed by atoms with Crippen LogP contribution in [0.4, 0.5) is 0 Å². The smallest absolute Gasteiger partial charge is 0.325 e.